The maximum atomic E-state index is 11.5. The minimum absolute atomic E-state index is 0.0294. The van der Waals surface area contributed by atoms with E-state index in [4.69, 9.17) is 9.47 Å². The van der Waals surface area contributed by atoms with Crippen LogP contribution in [0.1, 0.15) is 32.6 Å². The Labute approximate surface area is 124 Å². The van der Waals surface area contributed by atoms with E-state index >= 15 is 0 Å². The van der Waals surface area contributed by atoms with Crippen molar-refractivity contribution in [1.82, 2.24) is 0 Å². The molecule has 1 aliphatic heterocycles. The first-order valence-corrected chi connectivity index (χ1v) is 7.04. The number of hydrogen-bond donors (Lipinski definition) is 0. The van der Waals surface area contributed by atoms with Crippen molar-refractivity contribution in [2.45, 2.75) is 27.4 Å². The Morgan fingerprint density at radius 1 is 1.10 bits per heavy atom. The standard InChI is InChI=1S/C18H18O3/c1-11-6-12(2)16(13(3)7-11)9-20-14-4-5-15-17(19)10-21-18(15)8-14/h4-8H,9-10H2,1-3H3. The van der Waals surface area contributed by atoms with Crippen molar-refractivity contribution in [3.63, 3.8) is 0 Å². The lowest BCUT2D eigenvalue weighted by molar-refractivity contribution is 0.0961. The third-order valence-electron chi connectivity index (χ3n) is 3.84. The summed E-state index contributed by atoms with van der Waals surface area (Å²) >= 11 is 0. The first-order chi connectivity index (χ1) is 10.0. The van der Waals surface area contributed by atoms with Crippen LogP contribution in [-0.2, 0) is 6.61 Å². The van der Waals surface area contributed by atoms with Crippen molar-refractivity contribution in [3.8, 4) is 11.5 Å². The monoisotopic (exact) mass is 282 g/mol. The fourth-order valence-electron chi connectivity index (χ4n) is 2.76. The number of fused-ring (bicyclic) bond motifs is 1. The zero-order chi connectivity index (χ0) is 15.0. The molecule has 0 amide bonds. The number of ketones is 1. The van der Waals surface area contributed by atoms with Crippen LogP contribution in [0.4, 0.5) is 0 Å². The Bertz CT molecular complexity index is 693. The molecule has 0 spiro atoms. The van der Waals surface area contributed by atoms with Gasteiger partial charge in [0.25, 0.3) is 0 Å². The van der Waals surface area contributed by atoms with Gasteiger partial charge >= 0.3 is 0 Å². The molecule has 0 bridgehead atoms. The molecule has 3 heteroatoms. The first-order valence-electron chi connectivity index (χ1n) is 7.04. The van der Waals surface area contributed by atoms with Gasteiger partial charge in [-0.05, 0) is 49.6 Å². The van der Waals surface area contributed by atoms with E-state index in [-0.39, 0.29) is 12.4 Å². The van der Waals surface area contributed by atoms with E-state index in [9.17, 15) is 4.79 Å². The van der Waals surface area contributed by atoms with Gasteiger partial charge in [0, 0.05) is 6.07 Å². The number of rotatable bonds is 3. The first kappa shape index (κ1) is 13.7. The van der Waals surface area contributed by atoms with Crippen LogP contribution in [0, 0.1) is 20.8 Å². The highest BCUT2D eigenvalue weighted by Crippen LogP contribution is 2.30. The smallest absolute Gasteiger partial charge is 0.203 e. The second-order valence-corrected chi connectivity index (χ2v) is 5.54. The third kappa shape index (κ3) is 2.64. The van der Waals surface area contributed by atoms with Crippen molar-refractivity contribution >= 4 is 5.78 Å². The Hall–Kier alpha value is -2.29. The van der Waals surface area contributed by atoms with Crippen LogP contribution in [0.5, 0.6) is 11.5 Å². The second-order valence-electron chi connectivity index (χ2n) is 5.54. The molecule has 3 rings (SSSR count). The zero-order valence-corrected chi connectivity index (χ0v) is 12.5. The highest BCUT2D eigenvalue weighted by molar-refractivity contribution is 6.02. The van der Waals surface area contributed by atoms with E-state index in [1.165, 1.54) is 22.3 Å². The van der Waals surface area contributed by atoms with Crippen LogP contribution in [-0.4, -0.2) is 12.4 Å². The van der Waals surface area contributed by atoms with Gasteiger partial charge in [-0.1, -0.05) is 17.7 Å². The summed E-state index contributed by atoms with van der Waals surface area (Å²) in [7, 11) is 0. The molecule has 2 aromatic rings. The molecule has 1 heterocycles. The molecule has 0 saturated heterocycles. The van der Waals surface area contributed by atoms with E-state index in [1.807, 2.05) is 6.07 Å². The van der Waals surface area contributed by atoms with Crippen molar-refractivity contribution in [3.05, 3.63) is 58.1 Å². The summed E-state index contributed by atoms with van der Waals surface area (Å²) in [5.74, 6) is 1.37. The molecule has 0 radical (unpaired) electrons. The highest BCUT2D eigenvalue weighted by Gasteiger charge is 2.21. The normalized spacial score (nSPS) is 13.0. The number of carbonyl (C=O) groups is 1. The van der Waals surface area contributed by atoms with Crippen LogP contribution >= 0.6 is 0 Å². The molecule has 0 aromatic heterocycles. The second kappa shape index (κ2) is 5.24. The lowest BCUT2D eigenvalue weighted by atomic mass is 10.0. The van der Waals surface area contributed by atoms with Gasteiger partial charge < -0.3 is 9.47 Å². The van der Waals surface area contributed by atoms with Gasteiger partial charge in [-0.2, -0.15) is 0 Å². The van der Waals surface area contributed by atoms with E-state index in [1.54, 1.807) is 12.1 Å². The number of benzene rings is 2. The molecule has 108 valence electrons. The lowest BCUT2D eigenvalue weighted by Crippen LogP contribution is -2.01. The third-order valence-corrected chi connectivity index (χ3v) is 3.84. The van der Waals surface area contributed by atoms with Crippen molar-refractivity contribution in [1.29, 1.82) is 0 Å². The predicted octanol–water partition coefficient (Wildman–Crippen LogP) is 3.77. The van der Waals surface area contributed by atoms with Gasteiger partial charge in [0.05, 0.1) is 5.56 Å². The molecule has 2 aromatic carbocycles. The molecule has 0 saturated carbocycles. The van der Waals surface area contributed by atoms with Crippen molar-refractivity contribution < 1.29 is 14.3 Å². The topological polar surface area (TPSA) is 35.5 Å². The van der Waals surface area contributed by atoms with E-state index in [2.05, 4.69) is 32.9 Å². The minimum atomic E-state index is 0.0294. The van der Waals surface area contributed by atoms with Gasteiger partial charge in [0.15, 0.2) is 6.61 Å². The summed E-state index contributed by atoms with van der Waals surface area (Å²) in [6.45, 7) is 6.95. The van der Waals surface area contributed by atoms with Crippen molar-refractivity contribution in [2.75, 3.05) is 6.61 Å². The Balaban J connectivity index is 1.78. The maximum absolute atomic E-state index is 11.5. The average molecular weight is 282 g/mol. The maximum Gasteiger partial charge on any atom is 0.203 e. The van der Waals surface area contributed by atoms with E-state index in [0.29, 0.717) is 17.9 Å². The van der Waals surface area contributed by atoms with Gasteiger partial charge in [0.1, 0.15) is 18.1 Å². The van der Waals surface area contributed by atoms with Crippen LogP contribution in [0.15, 0.2) is 30.3 Å². The van der Waals surface area contributed by atoms with Crippen LogP contribution in [0.2, 0.25) is 0 Å². The van der Waals surface area contributed by atoms with Gasteiger partial charge in [-0.25, -0.2) is 0 Å². The summed E-state index contributed by atoms with van der Waals surface area (Å²) in [5.41, 5.74) is 5.58. The summed E-state index contributed by atoms with van der Waals surface area (Å²) in [4.78, 5) is 11.5. The van der Waals surface area contributed by atoms with E-state index in [0.717, 1.165) is 5.75 Å². The molecule has 0 aliphatic carbocycles. The highest BCUT2D eigenvalue weighted by atomic mass is 16.5. The molecule has 0 N–H and O–H groups in total. The number of aryl methyl sites for hydroxylation is 3. The van der Waals surface area contributed by atoms with E-state index < -0.39 is 0 Å². The zero-order valence-electron chi connectivity index (χ0n) is 12.5. The van der Waals surface area contributed by atoms with Gasteiger partial charge in [0.2, 0.25) is 5.78 Å². The van der Waals surface area contributed by atoms with Crippen LogP contribution < -0.4 is 9.47 Å². The Kier molecular flexibility index (Phi) is 3.42. The van der Waals surface area contributed by atoms with Crippen LogP contribution in [0.3, 0.4) is 0 Å². The molecule has 21 heavy (non-hydrogen) atoms. The quantitative estimate of drug-likeness (QED) is 0.859. The molecule has 0 fully saturated rings. The predicted molar refractivity (Wildman–Crippen MR) is 81.3 cm³/mol. The summed E-state index contributed by atoms with van der Waals surface area (Å²) in [6, 6.07) is 9.71. The summed E-state index contributed by atoms with van der Waals surface area (Å²) < 4.78 is 11.2. The fourth-order valence-corrected chi connectivity index (χ4v) is 2.76. The van der Waals surface area contributed by atoms with Crippen LogP contribution in [0.25, 0.3) is 0 Å². The minimum Gasteiger partial charge on any atom is -0.489 e. The Morgan fingerprint density at radius 2 is 1.81 bits per heavy atom. The number of carbonyl (C=O) groups excluding carboxylic acids is 1. The molecule has 0 unspecified atom stereocenters. The van der Waals surface area contributed by atoms with Gasteiger partial charge in [-0.3, -0.25) is 4.79 Å². The molecular weight excluding hydrogens is 264 g/mol. The molecular formula is C18H18O3. The number of hydrogen-bond acceptors (Lipinski definition) is 3. The summed E-state index contributed by atoms with van der Waals surface area (Å²) in [5, 5.41) is 0. The molecule has 3 nitrogen and oxygen atoms in total. The summed E-state index contributed by atoms with van der Waals surface area (Å²) in [6.07, 6.45) is 0. The average Bonchev–Trinajstić information content (AvgIpc) is 2.79. The lowest BCUT2D eigenvalue weighted by Gasteiger charge is -2.13. The molecule has 0 atom stereocenters. The number of ether oxygens (including phenoxy) is 2. The fraction of sp³-hybridized carbons (Fsp3) is 0.278. The number of Topliss-reactive ketones (excluding diaryl/α,β-unsaturated/α-hetero) is 1. The van der Waals surface area contributed by atoms with Crippen molar-refractivity contribution in [2.24, 2.45) is 0 Å². The van der Waals surface area contributed by atoms with Gasteiger partial charge in [-0.15, -0.1) is 0 Å². The SMILES string of the molecule is Cc1cc(C)c(COc2ccc3c(c2)OCC3=O)c(C)c1. The largest absolute Gasteiger partial charge is 0.489 e. The molecule has 1 aliphatic rings. The Morgan fingerprint density at radius 3 is 2.52 bits per heavy atom.